The van der Waals surface area contributed by atoms with Gasteiger partial charge in [0.1, 0.15) is 11.4 Å². The van der Waals surface area contributed by atoms with E-state index in [4.69, 9.17) is 22.1 Å². The van der Waals surface area contributed by atoms with Crippen LogP contribution in [-0.2, 0) is 11.2 Å². The number of aryl methyl sites for hydroxylation is 1. The van der Waals surface area contributed by atoms with Crippen molar-refractivity contribution in [2.75, 3.05) is 12.4 Å². The molecule has 0 atom stereocenters. The van der Waals surface area contributed by atoms with Gasteiger partial charge in [0.2, 0.25) is 11.9 Å². The van der Waals surface area contributed by atoms with Crippen LogP contribution in [0.2, 0.25) is 5.02 Å². The zero-order valence-electron chi connectivity index (χ0n) is 16.9. The number of nitrogens with two attached hydrogens (primary N) is 1. The van der Waals surface area contributed by atoms with E-state index in [0.717, 1.165) is 16.8 Å². The second kappa shape index (κ2) is 8.16. The number of aromatic nitrogens is 3. The average molecular weight is 438 g/mol. The van der Waals surface area contributed by atoms with Gasteiger partial charge in [-0.15, -0.1) is 0 Å². The molecule has 2 aromatic carbocycles. The molecule has 31 heavy (non-hydrogen) atoms. The van der Waals surface area contributed by atoms with E-state index in [1.807, 2.05) is 37.3 Å². The third-order valence-electron chi connectivity index (χ3n) is 4.88. The molecule has 0 saturated heterocycles. The summed E-state index contributed by atoms with van der Waals surface area (Å²) >= 11 is 6.07. The highest BCUT2D eigenvalue weighted by atomic mass is 35.5. The highest BCUT2D eigenvalue weighted by Crippen LogP contribution is 2.28. The summed E-state index contributed by atoms with van der Waals surface area (Å²) in [7, 11) is 1.52. The van der Waals surface area contributed by atoms with Crippen molar-refractivity contribution in [2.45, 2.75) is 13.3 Å². The summed E-state index contributed by atoms with van der Waals surface area (Å²) in [5.74, 6) is 0.429. The number of anilines is 2. The summed E-state index contributed by atoms with van der Waals surface area (Å²) in [5, 5.41) is 3.71. The maximum absolute atomic E-state index is 13.0. The Kier molecular flexibility index (Phi) is 5.39. The lowest BCUT2D eigenvalue weighted by Gasteiger charge is -2.16. The van der Waals surface area contributed by atoms with E-state index < -0.39 is 11.6 Å². The molecule has 2 heterocycles. The number of benzene rings is 2. The third kappa shape index (κ3) is 3.97. The molecule has 4 aromatic rings. The van der Waals surface area contributed by atoms with Gasteiger partial charge in [-0.25, -0.2) is 9.36 Å². The SMILES string of the molecule is COc1cc(Cl)ccc1-n1c(=O)nc(Nc2ccc(CC(N)=O)cc2C)n2cccc12. The van der Waals surface area contributed by atoms with Gasteiger partial charge in [-0.1, -0.05) is 23.7 Å². The number of nitrogens with zero attached hydrogens (tertiary/aromatic N) is 3. The number of carbonyl (C=O) groups excluding carboxylic acids is 1. The Bertz CT molecular complexity index is 1360. The van der Waals surface area contributed by atoms with Crippen LogP contribution in [0.5, 0.6) is 5.75 Å². The van der Waals surface area contributed by atoms with Crippen molar-refractivity contribution in [3.63, 3.8) is 0 Å². The molecule has 0 spiro atoms. The number of amides is 1. The topological polar surface area (TPSA) is 104 Å². The highest BCUT2D eigenvalue weighted by molar-refractivity contribution is 6.30. The van der Waals surface area contributed by atoms with Gasteiger partial charge < -0.3 is 15.8 Å². The van der Waals surface area contributed by atoms with Crippen LogP contribution < -0.4 is 21.5 Å². The summed E-state index contributed by atoms with van der Waals surface area (Å²) < 4.78 is 8.64. The molecule has 8 nitrogen and oxygen atoms in total. The lowest BCUT2D eigenvalue weighted by molar-refractivity contribution is -0.117. The number of fused-ring (bicyclic) bond motifs is 1. The lowest BCUT2D eigenvalue weighted by atomic mass is 10.1. The second-order valence-electron chi connectivity index (χ2n) is 7.02. The first-order chi connectivity index (χ1) is 14.9. The van der Waals surface area contributed by atoms with Crippen LogP contribution in [0.3, 0.4) is 0 Å². The highest BCUT2D eigenvalue weighted by Gasteiger charge is 2.16. The molecule has 0 fully saturated rings. The number of hydrogen-bond donors (Lipinski definition) is 2. The minimum absolute atomic E-state index is 0.167. The summed E-state index contributed by atoms with van der Waals surface area (Å²) in [5.41, 5.74) is 8.41. The average Bonchev–Trinajstić information content (AvgIpc) is 3.20. The van der Waals surface area contributed by atoms with Crippen molar-refractivity contribution in [1.82, 2.24) is 14.0 Å². The minimum atomic E-state index is -0.475. The maximum Gasteiger partial charge on any atom is 0.357 e. The molecule has 158 valence electrons. The molecule has 3 N–H and O–H groups in total. The molecule has 0 unspecified atom stereocenters. The number of halogens is 1. The molecule has 2 aromatic heterocycles. The Balaban J connectivity index is 1.79. The molecular formula is C22H20ClN5O3. The van der Waals surface area contributed by atoms with Gasteiger partial charge in [-0.2, -0.15) is 4.98 Å². The number of carbonyl (C=O) groups is 1. The minimum Gasteiger partial charge on any atom is -0.495 e. The number of primary amides is 1. The van der Waals surface area contributed by atoms with Crippen LogP contribution in [0.25, 0.3) is 11.3 Å². The number of hydrogen-bond acceptors (Lipinski definition) is 5. The van der Waals surface area contributed by atoms with Crippen molar-refractivity contribution >= 4 is 34.8 Å². The van der Waals surface area contributed by atoms with Gasteiger partial charge in [0, 0.05) is 23.0 Å². The van der Waals surface area contributed by atoms with Crippen LogP contribution in [-0.4, -0.2) is 27.0 Å². The van der Waals surface area contributed by atoms with E-state index in [-0.39, 0.29) is 6.42 Å². The molecule has 4 rings (SSSR count). The van der Waals surface area contributed by atoms with E-state index in [9.17, 15) is 9.59 Å². The monoisotopic (exact) mass is 437 g/mol. The van der Waals surface area contributed by atoms with E-state index in [2.05, 4.69) is 10.3 Å². The molecule has 0 saturated carbocycles. The number of methoxy groups -OCH3 is 1. The summed E-state index contributed by atoms with van der Waals surface area (Å²) in [6.45, 7) is 1.90. The van der Waals surface area contributed by atoms with Crippen molar-refractivity contribution in [2.24, 2.45) is 5.73 Å². The molecular weight excluding hydrogens is 418 g/mol. The quantitative estimate of drug-likeness (QED) is 0.482. The summed E-state index contributed by atoms with van der Waals surface area (Å²) in [6, 6.07) is 14.2. The van der Waals surface area contributed by atoms with Gasteiger partial charge in [-0.05, 0) is 48.4 Å². The van der Waals surface area contributed by atoms with Crippen molar-refractivity contribution < 1.29 is 9.53 Å². The second-order valence-corrected chi connectivity index (χ2v) is 7.46. The Morgan fingerprint density at radius 2 is 2.03 bits per heavy atom. The zero-order chi connectivity index (χ0) is 22.1. The normalized spacial score (nSPS) is 10.9. The van der Waals surface area contributed by atoms with E-state index >= 15 is 0 Å². The smallest absolute Gasteiger partial charge is 0.357 e. The zero-order valence-corrected chi connectivity index (χ0v) is 17.7. The standard InChI is InChI=1S/C22H20ClN5O3/c1-13-10-14(11-19(24)29)5-7-16(13)25-21-26-22(30)28(20-4-3-9-27(20)21)17-8-6-15(23)12-18(17)31-2/h3-10,12H,11H2,1-2H3,(H2,24,29)(H,25,26,30). The van der Waals surface area contributed by atoms with Crippen LogP contribution in [0.4, 0.5) is 11.6 Å². The lowest BCUT2D eigenvalue weighted by Crippen LogP contribution is -2.25. The fraction of sp³-hybridized carbons (Fsp3) is 0.136. The van der Waals surface area contributed by atoms with Crippen LogP contribution in [0, 0.1) is 6.92 Å². The molecule has 0 aliphatic carbocycles. The number of ether oxygens (including phenoxy) is 1. The van der Waals surface area contributed by atoms with Gasteiger partial charge in [0.15, 0.2) is 0 Å². The first-order valence-corrected chi connectivity index (χ1v) is 9.84. The van der Waals surface area contributed by atoms with Crippen molar-refractivity contribution in [1.29, 1.82) is 0 Å². The Morgan fingerprint density at radius 3 is 2.74 bits per heavy atom. The molecule has 0 aliphatic heterocycles. The van der Waals surface area contributed by atoms with Crippen LogP contribution >= 0.6 is 11.6 Å². The maximum atomic E-state index is 13.0. The van der Waals surface area contributed by atoms with E-state index in [1.165, 1.54) is 11.7 Å². The number of nitrogens with one attached hydrogen (secondary N) is 1. The Morgan fingerprint density at radius 1 is 1.23 bits per heavy atom. The van der Waals surface area contributed by atoms with Gasteiger partial charge in [-0.3, -0.25) is 9.20 Å². The van der Waals surface area contributed by atoms with Crippen LogP contribution in [0.15, 0.2) is 59.5 Å². The predicted molar refractivity (Wildman–Crippen MR) is 120 cm³/mol. The molecule has 1 amide bonds. The van der Waals surface area contributed by atoms with Crippen molar-refractivity contribution in [3.8, 4) is 11.4 Å². The van der Waals surface area contributed by atoms with E-state index in [1.54, 1.807) is 28.8 Å². The van der Waals surface area contributed by atoms with Gasteiger partial charge in [0.05, 0.1) is 19.2 Å². The largest absolute Gasteiger partial charge is 0.495 e. The molecule has 0 aliphatic rings. The van der Waals surface area contributed by atoms with Crippen LogP contribution in [0.1, 0.15) is 11.1 Å². The van der Waals surface area contributed by atoms with Gasteiger partial charge in [0.25, 0.3) is 0 Å². The molecule has 9 heteroatoms. The third-order valence-corrected chi connectivity index (χ3v) is 5.11. The van der Waals surface area contributed by atoms with Gasteiger partial charge >= 0.3 is 5.69 Å². The molecule has 0 bridgehead atoms. The number of rotatable bonds is 6. The Hall–Kier alpha value is -3.78. The first kappa shape index (κ1) is 20.5. The van der Waals surface area contributed by atoms with E-state index in [0.29, 0.717) is 28.1 Å². The van der Waals surface area contributed by atoms with Crippen molar-refractivity contribution in [3.05, 3.63) is 81.4 Å². The first-order valence-electron chi connectivity index (χ1n) is 9.46. The molecule has 0 radical (unpaired) electrons. The summed E-state index contributed by atoms with van der Waals surface area (Å²) in [4.78, 5) is 28.4. The fourth-order valence-corrected chi connectivity index (χ4v) is 3.64. The Labute approximate surface area is 182 Å². The fourth-order valence-electron chi connectivity index (χ4n) is 3.47. The summed E-state index contributed by atoms with van der Waals surface area (Å²) in [6.07, 6.45) is 1.97. The predicted octanol–water partition coefficient (Wildman–Crippen LogP) is 3.23.